The molecule has 0 spiro atoms. The van der Waals surface area contributed by atoms with E-state index in [0.29, 0.717) is 5.92 Å². The molecule has 1 unspecified atom stereocenters. The lowest BCUT2D eigenvalue weighted by Gasteiger charge is -2.18. The normalized spacial score (nSPS) is 15.9. The topological polar surface area (TPSA) is 12.0 Å². The first-order valence-corrected chi connectivity index (χ1v) is 8.63. The van der Waals surface area contributed by atoms with Gasteiger partial charge in [-0.3, -0.25) is 0 Å². The van der Waals surface area contributed by atoms with Gasteiger partial charge in [-0.1, -0.05) is 58.4 Å². The molecule has 110 valence electrons. The van der Waals surface area contributed by atoms with E-state index in [2.05, 4.69) is 75.8 Å². The molecule has 1 aliphatic rings. The predicted octanol–water partition coefficient (Wildman–Crippen LogP) is 4.92. The third kappa shape index (κ3) is 4.69. The van der Waals surface area contributed by atoms with E-state index in [0.717, 1.165) is 19.0 Å². The van der Waals surface area contributed by atoms with Crippen LogP contribution in [0.3, 0.4) is 0 Å². The second-order valence-corrected chi connectivity index (χ2v) is 6.87. The minimum Gasteiger partial charge on any atom is -0.313 e. The fourth-order valence-electron chi connectivity index (χ4n) is 2.74. The summed E-state index contributed by atoms with van der Waals surface area (Å²) in [5.74, 6) is 0.603. The zero-order valence-electron chi connectivity index (χ0n) is 12.3. The van der Waals surface area contributed by atoms with Crippen LogP contribution in [0.2, 0.25) is 0 Å². The highest BCUT2D eigenvalue weighted by atomic mass is 79.9. The van der Waals surface area contributed by atoms with Crippen molar-refractivity contribution in [2.24, 2.45) is 0 Å². The first-order valence-electron chi connectivity index (χ1n) is 7.84. The van der Waals surface area contributed by atoms with Gasteiger partial charge in [0.05, 0.1) is 0 Å². The lowest BCUT2D eigenvalue weighted by molar-refractivity contribution is 0.548. The maximum Gasteiger partial charge on any atom is 0.0177 e. The zero-order valence-corrected chi connectivity index (χ0v) is 13.9. The van der Waals surface area contributed by atoms with E-state index in [1.165, 1.54) is 34.9 Å². The van der Waals surface area contributed by atoms with Crippen LogP contribution in [-0.4, -0.2) is 12.6 Å². The highest BCUT2D eigenvalue weighted by Crippen LogP contribution is 2.25. The van der Waals surface area contributed by atoms with E-state index in [1.54, 1.807) is 0 Å². The van der Waals surface area contributed by atoms with Crippen molar-refractivity contribution >= 4 is 15.9 Å². The smallest absolute Gasteiger partial charge is 0.0177 e. The van der Waals surface area contributed by atoms with E-state index in [1.807, 2.05) is 0 Å². The predicted molar refractivity (Wildman–Crippen MR) is 92.7 cm³/mol. The SMILES string of the molecule is Brc1cccc(CCC(CNC2CC2)c2ccccc2)c1. The number of aryl methyl sites for hydroxylation is 1. The Hall–Kier alpha value is -1.12. The molecule has 1 aliphatic carbocycles. The molecule has 21 heavy (non-hydrogen) atoms. The second-order valence-electron chi connectivity index (χ2n) is 5.96. The van der Waals surface area contributed by atoms with Crippen LogP contribution in [-0.2, 0) is 6.42 Å². The molecular formula is C19H22BrN. The summed E-state index contributed by atoms with van der Waals surface area (Å²) in [5.41, 5.74) is 2.87. The van der Waals surface area contributed by atoms with Gasteiger partial charge in [0.1, 0.15) is 0 Å². The molecule has 0 aliphatic heterocycles. The van der Waals surface area contributed by atoms with Crippen molar-refractivity contribution in [3.63, 3.8) is 0 Å². The van der Waals surface area contributed by atoms with Crippen LogP contribution in [0.5, 0.6) is 0 Å². The molecule has 0 bridgehead atoms. The largest absolute Gasteiger partial charge is 0.313 e. The van der Waals surface area contributed by atoms with Crippen LogP contribution in [0.25, 0.3) is 0 Å². The van der Waals surface area contributed by atoms with Gasteiger partial charge in [-0.2, -0.15) is 0 Å². The molecule has 2 heteroatoms. The van der Waals surface area contributed by atoms with Gasteiger partial charge in [0, 0.05) is 17.1 Å². The summed E-state index contributed by atoms with van der Waals surface area (Å²) in [4.78, 5) is 0. The summed E-state index contributed by atoms with van der Waals surface area (Å²) in [6.07, 6.45) is 5.03. The first-order chi connectivity index (χ1) is 10.3. The van der Waals surface area contributed by atoms with Gasteiger partial charge in [0.15, 0.2) is 0 Å². The molecule has 2 aromatic rings. The lowest BCUT2D eigenvalue weighted by atomic mass is 9.92. The molecule has 3 rings (SSSR count). The maximum absolute atomic E-state index is 3.69. The van der Waals surface area contributed by atoms with Crippen LogP contribution < -0.4 is 5.32 Å². The van der Waals surface area contributed by atoms with Gasteiger partial charge in [-0.25, -0.2) is 0 Å². The van der Waals surface area contributed by atoms with E-state index in [4.69, 9.17) is 0 Å². The Kier molecular flexibility index (Phi) is 5.10. The summed E-state index contributed by atoms with van der Waals surface area (Å²) in [6, 6.07) is 20.4. The van der Waals surface area contributed by atoms with Gasteiger partial charge in [-0.15, -0.1) is 0 Å². The van der Waals surface area contributed by atoms with E-state index in [9.17, 15) is 0 Å². The second kappa shape index (κ2) is 7.24. The Bertz CT molecular complexity index is 563. The third-order valence-corrected chi connectivity index (χ3v) is 4.67. The quantitative estimate of drug-likeness (QED) is 0.752. The van der Waals surface area contributed by atoms with Crippen LogP contribution in [0.1, 0.15) is 36.3 Å². The summed E-state index contributed by atoms with van der Waals surface area (Å²) in [6.45, 7) is 1.10. The molecular weight excluding hydrogens is 322 g/mol. The van der Waals surface area contributed by atoms with E-state index < -0.39 is 0 Å². The molecule has 0 aromatic heterocycles. The standard InChI is InChI=1S/C19H22BrN/c20-18-8-4-5-15(13-18)9-10-17(14-21-19-11-12-19)16-6-2-1-3-7-16/h1-8,13,17,19,21H,9-12,14H2. The van der Waals surface area contributed by atoms with Crippen molar-refractivity contribution in [3.8, 4) is 0 Å². The summed E-state index contributed by atoms with van der Waals surface area (Å²) in [5, 5.41) is 3.69. The lowest BCUT2D eigenvalue weighted by Crippen LogP contribution is -2.24. The molecule has 0 radical (unpaired) electrons. The van der Waals surface area contributed by atoms with E-state index >= 15 is 0 Å². The number of hydrogen-bond acceptors (Lipinski definition) is 1. The average Bonchev–Trinajstić information content (AvgIpc) is 3.32. The van der Waals surface area contributed by atoms with Crippen molar-refractivity contribution < 1.29 is 0 Å². The third-order valence-electron chi connectivity index (χ3n) is 4.17. The van der Waals surface area contributed by atoms with Gasteiger partial charge in [0.2, 0.25) is 0 Å². The Morgan fingerprint density at radius 2 is 1.86 bits per heavy atom. The van der Waals surface area contributed by atoms with Gasteiger partial charge in [0.25, 0.3) is 0 Å². The summed E-state index contributed by atoms with van der Waals surface area (Å²) >= 11 is 3.56. The van der Waals surface area contributed by atoms with Gasteiger partial charge < -0.3 is 5.32 Å². The highest BCUT2D eigenvalue weighted by Gasteiger charge is 2.22. The van der Waals surface area contributed by atoms with Crippen LogP contribution in [0.4, 0.5) is 0 Å². The molecule has 1 N–H and O–H groups in total. The Labute approximate surface area is 135 Å². The molecule has 0 amide bonds. The van der Waals surface area contributed by atoms with Crippen molar-refractivity contribution in [1.82, 2.24) is 5.32 Å². The number of benzene rings is 2. The molecule has 0 heterocycles. The molecule has 1 nitrogen and oxygen atoms in total. The van der Waals surface area contributed by atoms with Crippen molar-refractivity contribution in [2.75, 3.05) is 6.54 Å². The van der Waals surface area contributed by atoms with E-state index in [-0.39, 0.29) is 0 Å². The minimum absolute atomic E-state index is 0.603. The molecule has 0 saturated heterocycles. The van der Waals surface area contributed by atoms with Crippen LogP contribution in [0, 0.1) is 0 Å². The first kappa shape index (κ1) is 14.8. The number of halogens is 1. The fraction of sp³-hybridized carbons (Fsp3) is 0.368. The summed E-state index contributed by atoms with van der Waals surface area (Å²) < 4.78 is 1.17. The van der Waals surface area contributed by atoms with Crippen molar-refractivity contribution in [1.29, 1.82) is 0 Å². The Balaban J connectivity index is 1.63. The zero-order chi connectivity index (χ0) is 14.5. The van der Waals surface area contributed by atoms with Gasteiger partial charge >= 0.3 is 0 Å². The summed E-state index contributed by atoms with van der Waals surface area (Å²) in [7, 11) is 0. The highest BCUT2D eigenvalue weighted by molar-refractivity contribution is 9.10. The molecule has 1 atom stereocenters. The molecule has 1 saturated carbocycles. The fourth-order valence-corrected chi connectivity index (χ4v) is 3.19. The van der Waals surface area contributed by atoms with Crippen LogP contribution >= 0.6 is 15.9 Å². The number of nitrogens with one attached hydrogen (secondary N) is 1. The Morgan fingerprint density at radius 3 is 2.57 bits per heavy atom. The molecule has 2 aromatic carbocycles. The number of hydrogen-bond donors (Lipinski definition) is 1. The molecule has 1 fully saturated rings. The van der Waals surface area contributed by atoms with Crippen molar-refractivity contribution in [3.05, 3.63) is 70.2 Å². The van der Waals surface area contributed by atoms with Crippen molar-refractivity contribution in [2.45, 2.75) is 37.6 Å². The minimum atomic E-state index is 0.603. The van der Waals surface area contributed by atoms with Gasteiger partial charge in [-0.05, 0) is 54.9 Å². The average molecular weight is 344 g/mol. The monoisotopic (exact) mass is 343 g/mol. The maximum atomic E-state index is 3.69. The Morgan fingerprint density at radius 1 is 1.05 bits per heavy atom. The number of rotatable bonds is 7. The van der Waals surface area contributed by atoms with Crippen LogP contribution in [0.15, 0.2) is 59.1 Å².